The summed E-state index contributed by atoms with van der Waals surface area (Å²) in [5.74, 6) is 2.89. The number of morpholine rings is 1. The van der Waals surface area contributed by atoms with E-state index < -0.39 is 0 Å². The van der Waals surface area contributed by atoms with Gasteiger partial charge < -0.3 is 19.5 Å². The van der Waals surface area contributed by atoms with Crippen molar-refractivity contribution in [2.45, 2.75) is 37.5 Å². The lowest BCUT2D eigenvalue weighted by atomic mass is 9.71. The number of methoxy groups -OCH3 is 1. The molecule has 0 radical (unpaired) electrons. The molecule has 1 aromatic heterocycles. The summed E-state index contributed by atoms with van der Waals surface area (Å²) in [6.45, 7) is 3.32. The SMILES string of the molecule is COc1cccc2c1OC1(N3CCOCC3)CCCCC1C2Nc1ccccn1. The fourth-order valence-corrected chi connectivity index (χ4v) is 5.33. The molecule has 3 atom stereocenters. The molecule has 0 bridgehead atoms. The molecular weight excluding hydrogens is 366 g/mol. The van der Waals surface area contributed by atoms with Crippen LogP contribution in [0.4, 0.5) is 5.82 Å². The molecule has 2 aliphatic heterocycles. The van der Waals surface area contributed by atoms with Crippen LogP contribution < -0.4 is 14.8 Å². The quantitative estimate of drug-likeness (QED) is 0.849. The fraction of sp³-hybridized carbons (Fsp3) is 0.522. The normalized spacial score (nSPS) is 29.3. The van der Waals surface area contributed by atoms with Crippen LogP contribution in [0.3, 0.4) is 0 Å². The standard InChI is InChI=1S/C23H29N3O3/c1-27-19-9-6-7-17-21(25-20-10-3-5-12-24-20)18-8-2-4-11-23(18,29-22(17)19)26-13-15-28-16-14-26/h3,5-7,9-10,12,18,21H,2,4,8,11,13-16H2,1H3,(H,24,25). The van der Waals surface area contributed by atoms with E-state index in [0.717, 1.165) is 62.0 Å². The Kier molecular flexibility index (Phi) is 5.06. The average molecular weight is 396 g/mol. The van der Waals surface area contributed by atoms with Crippen LogP contribution in [0.25, 0.3) is 0 Å². The smallest absolute Gasteiger partial charge is 0.169 e. The molecule has 3 heterocycles. The minimum absolute atomic E-state index is 0.117. The number of ether oxygens (including phenoxy) is 3. The molecule has 1 aliphatic carbocycles. The van der Waals surface area contributed by atoms with Crippen molar-refractivity contribution in [3.8, 4) is 11.5 Å². The number of rotatable bonds is 4. The van der Waals surface area contributed by atoms with Crippen LogP contribution in [0.1, 0.15) is 37.3 Å². The van der Waals surface area contributed by atoms with E-state index in [9.17, 15) is 0 Å². The largest absolute Gasteiger partial charge is 0.493 e. The molecule has 0 spiro atoms. The van der Waals surface area contributed by atoms with Crippen LogP contribution in [-0.4, -0.2) is 49.0 Å². The van der Waals surface area contributed by atoms with Crippen molar-refractivity contribution in [3.05, 3.63) is 48.2 Å². The summed E-state index contributed by atoms with van der Waals surface area (Å²) in [7, 11) is 1.72. The van der Waals surface area contributed by atoms with Crippen molar-refractivity contribution in [1.29, 1.82) is 0 Å². The third-order valence-corrected chi connectivity index (χ3v) is 6.64. The average Bonchev–Trinajstić information content (AvgIpc) is 2.80. The molecule has 3 unspecified atom stereocenters. The number of nitrogens with zero attached hydrogens (tertiary/aromatic N) is 2. The first-order valence-electron chi connectivity index (χ1n) is 10.7. The van der Waals surface area contributed by atoms with Gasteiger partial charge in [-0.3, -0.25) is 4.90 Å². The predicted octanol–water partition coefficient (Wildman–Crippen LogP) is 3.85. The fourth-order valence-electron chi connectivity index (χ4n) is 5.33. The van der Waals surface area contributed by atoms with Gasteiger partial charge in [0.25, 0.3) is 0 Å². The Labute approximate surface area is 172 Å². The van der Waals surface area contributed by atoms with Crippen LogP contribution in [-0.2, 0) is 4.74 Å². The Balaban J connectivity index is 1.62. The highest BCUT2D eigenvalue weighted by atomic mass is 16.5. The number of nitrogens with one attached hydrogen (secondary N) is 1. The van der Waals surface area contributed by atoms with Gasteiger partial charge in [0, 0.05) is 37.2 Å². The van der Waals surface area contributed by atoms with Gasteiger partial charge in [-0.15, -0.1) is 0 Å². The van der Waals surface area contributed by atoms with Gasteiger partial charge in [-0.1, -0.05) is 24.6 Å². The Morgan fingerprint density at radius 2 is 2.03 bits per heavy atom. The van der Waals surface area contributed by atoms with Crippen LogP contribution in [0.15, 0.2) is 42.6 Å². The summed E-state index contributed by atoms with van der Waals surface area (Å²) in [5, 5.41) is 3.75. The molecule has 3 aliphatic rings. The Morgan fingerprint density at radius 3 is 2.83 bits per heavy atom. The first-order valence-corrected chi connectivity index (χ1v) is 10.7. The van der Waals surface area contributed by atoms with Gasteiger partial charge in [0.05, 0.1) is 26.4 Å². The lowest BCUT2D eigenvalue weighted by Gasteiger charge is -2.56. The van der Waals surface area contributed by atoms with Crippen LogP contribution >= 0.6 is 0 Å². The van der Waals surface area contributed by atoms with Crippen LogP contribution in [0, 0.1) is 5.92 Å². The van der Waals surface area contributed by atoms with E-state index in [4.69, 9.17) is 14.2 Å². The van der Waals surface area contributed by atoms with E-state index in [2.05, 4.69) is 27.3 Å². The van der Waals surface area contributed by atoms with Gasteiger partial charge in [-0.25, -0.2) is 4.98 Å². The van der Waals surface area contributed by atoms with E-state index in [1.165, 1.54) is 12.8 Å². The van der Waals surface area contributed by atoms with Crippen molar-refractivity contribution in [2.24, 2.45) is 5.92 Å². The Hall–Kier alpha value is -2.31. The van der Waals surface area contributed by atoms with Gasteiger partial charge in [-0.2, -0.15) is 0 Å². The van der Waals surface area contributed by atoms with E-state index in [1.807, 2.05) is 30.5 Å². The number of benzene rings is 1. The number of para-hydroxylation sites is 1. The molecule has 1 saturated carbocycles. The first-order chi connectivity index (χ1) is 14.3. The summed E-state index contributed by atoms with van der Waals surface area (Å²) in [6.07, 6.45) is 6.38. The highest BCUT2D eigenvalue weighted by Crippen LogP contribution is 2.55. The number of aromatic nitrogens is 1. The van der Waals surface area contributed by atoms with Crippen LogP contribution in [0.2, 0.25) is 0 Å². The van der Waals surface area contributed by atoms with Gasteiger partial charge in [-0.05, 0) is 31.0 Å². The van der Waals surface area contributed by atoms with Crippen molar-refractivity contribution in [2.75, 3.05) is 38.7 Å². The Bertz CT molecular complexity index is 841. The summed E-state index contributed by atoms with van der Waals surface area (Å²) in [5.41, 5.74) is 0.821. The number of fused-ring (bicyclic) bond motifs is 2. The number of anilines is 1. The molecule has 1 aromatic carbocycles. The van der Waals surface area contributed by atoms with E-state index >= 15 is 0 Å². The molecule has 2 fully saturated rings. The van der Waals surface area contributed by atoms with Crippen molar-refractivity contribution in [3.63, 3.8) is 0 Å². The Morgan fingerprint density at radius 1 is 1.14 bits per heavy atom. The third kappa shape index (κ3) is 3.24. The van der Waals surface area contributed by atoms with Crippen molar-refractivity contribution in [1.82, 2.24) is 9.88 Å². The number of hydrogen-bond donors (Lipinski definition) is 1. The molecule has 0 amide bonds. The predicted molar refractivity (Wildman–Crippen MR) is 111 cm³/mol. The van der Waals surface area contributed by atoms with Gasteiger partial charge in [0.1, 0.15) is 5.82 Å². The highest BCUT2D eigenvalue weighted by Gasteiger charge is 2.55. The molecule has 1 saturated heterocycles. The molecule has 6 heteroatoms. The lowest BCUT2D eigenvalue weighted by Crippen LogP contribution is -2.65. The third-order valence-electron chi connectivity index (χ3n) is 6.64. The second-order valence-corrected chi connectivity index (χ2v) is 8.11. The maximum atomic E-state index is 6.94. The molecule has 1 N–H and O–H groups in total. The monoisotopic (exact) mass is 395 g/mol. The highest BCUT2D eigenvalue weighted by molar-refractivity contribution is 5.53. The molecule has 154 valence electrons. The summed E-state index contributed by atoms with van der Waals surface area (Å²) >= 11 is 0. The topological polar surface area (TPSA) is 55.9 Å². The van der Waals surface area contributed by atoms with Gasteiger partial charge >= 0.3 is 0 Å². The number of pyridine rings is 1. The zero-order chi connectivity index (χ0) is 19.7. The molecule has 5 rings (SSSR count). The van der Waals surface area contributed by atoms with Gasteiger partial charge in [0.15, 0.2) is 17.2 Å². The molecular formula is C23H29N3O3. The van der Waals surface area contributed by atoms with Crippen molar-refractivity contribution < 1.29 is 14.2 Å². The molecule has 6 nitrogen and oxygen atoms in total. The lowest BCUT2D eigenvalue weighted by molar-refractivity contribution is -0.185. The second kappa shape index (κ2) is 7.84. The second-order valence-electron chi connectivity index (χ2n) is 8.11. The zero-order valence-corrected chi connectivity index (χ0v) is 17.0. The minimum atomic E-state index is -0.337. The van der Waals surface area contributed by atoms with Gasteiger partial charge in [0.2, 0.25) is 0 Å². The van der Waals surface area contributed by atoms with Crippen molar-refractivity contribution >= 4 is 5.82 Å². The maximum absolute atomic E-state index is 6.94. The molecule has 2 aromatic rings. The summed E-state index contributed by atoms with van der Waals surface area (Å²) < 4.78 is 18.3. The first kappa shape index (κ1) is 18.7. The zero-order valence-electron chi connectivity index (χ0n) is 17.0. The molecule has 29 heavy (non-hydrogen) atoms. The van der Waals surface area contributed by atoms with E-state index in [0.29, 0.717) is 5.92 Å². The van der Waals surface area contributed by atoms with E-state index in [1.54, 1.807) is 7.11 Å². The van der Waals surface area contributed by atoms with Crippen LogP contribution in [0.5, 0.6) is 11.5 Å². The number of hydrogen-bond acceptors (Lipinski definition) is 6. The summed E-state index contributed by atoms with van der Waals surface area (Å²) in [4.78, 5) is 7.06. The van der Waals surface area contributed by atoms with E-state index in [-0.39, 0.29) is 11.8 Å². The summed E-state index contributed by atoms with van der Waals surface area (Å²) in [6, 6.07) is 12.3. The maximum Gasteiger partial charge on any atom is 0.169 e. The minimum Gasteiger partial charge on any atom is -0.493 e.